The lowest BCUT2D eigenvalue weighted by Gasteiger charge is -2.33. The van der Waals surface area contributed by atoms with E-state index in [0.717, 1.165) is 18.8 Å². The molecule has 26 heavy (non-hydrogen) atoms. The monoisotopic (exact) mass is 354 g/mol. The maximum Gasteiger partial charge on any atom is 0.260 e. The quantitative estimate of drug-likeness (QED) is 0.776. The average Bonchev–Trinajstić information content (AvgIpc) is 2.68. The van der Waals surface area contributed by atoms with Gasteiger partial charge in [-0.15, -0.1) is 0 Å². The van der Waals surface area contributed by atoms with Crippen LogP contribution in [0.3, 0.4) is 0 Å². The molecule has 0 atom stereocenters. The van der Waals surface area contributed by atoms with Gasteiger partial charge in [-0.1, -0.05) is 13.0 Å². The van der Waals surface area contributed by atoms with Gasteiger partial charge in [0.25, 0.3) is 5.91 Å². The fourth-order valence-electron chi connectivity index (χ4n) is 3.21. The van der Waals surface area contributed by atoms with E-state index in [1.54, 1.807) is 36.5 Å². The van der Waals surface area contributed by atoms with Crippen molar-refractivity contribution in [2.45, 2.75) is 38.6 Å². The van der Waals surface area contributed by atoms with Crippen LogP contribution < -0.4 is 9.47 Å². The minimum atomic E-state index is 0.0263. The van der Waals surface area contributed by atoms with E-state index >= 15 is 0 Å². The number of likely N-dealkylation sites (N-methyl/N-ethyl adjacent to an activating group) is 1. The number of hydrogen-bond donors (Lipinski definition) is 0. The van der Waals surface area contributed by atoms with Crippen molar-refractivity contribution in [3.63, 3.8) is 0 Å². The van der Waals surface area contributed by atoms with Crippen molar-refractivity contribution >= 4 is 5.91 Å². The van der Waals surface area contributed by atoms with Gasteiger partial charge in [0.15, 0.2) is 6.61 Å². The highest BCUT2D eigenvalue weighted by Gasteiger charge is 2.24. The molecule has 1 heterocycles. The largest absolute Gasteiger partial charge is 0.484 e. The molecule has 1 aromatic heterocycles. The standard InChI is InChI=1S/C21H26N2O3/c1-16-6-8-17(9-7-16)23(2)21(24)15-25-18-10-12-19(13-11-18)26-20-5-3-4-14-22-20/h3-5,10-14,16-17H,6-9,15H2,1-2H3. The van der Waals surface area contributed by atoms with E-state index in [2.05, 4.69) is 11.9 Å². The first kappa shape index (κ1) is 18.2. The maximum absolute atomic E-state index is 12.4. The summed E-state index contributed by atoms with van der Waals surface area (Å²) >= 11 is 0. The summed E-state index contributed by atoms with van der Waals surface area (Å²) in [6, 6.07) is 13.1. The lowest BCUT2D eigenvalue weighted by molar-refractivity contribution is -0.134. The Morgan fingerprint density at radius 3 is 2.42 bits per heavy atom. The Morgan fingerprint density at radius 1 is 1.08 bits per heavy atom. The fraction of sp³-hybridized carbons (Fsp3) is 0.429. The third-order valence-corrected chi connectivity index (χ3v) is 4.97. The fourth-order valence-corrected chi connectivity index (χ4v) is 3.21. The topological polar surface area (TPSA) is 51.7 Å². The molecule has 1 aliphatic rings. The first-order chi connectivity index (χ1) is 12.6. The van der Waals surface area contributed by atoms with Gasteiger partial charge in [-0.25, -0.2) is 4.98 Å². The Morgan fingerprint density at radius 2 is 1.77 bits per heavy atom. The minimum absolute atomic E-state index is 0.0263. The summed E-state index contributed by atoms with van der Waals surface area (Å²) in [5, 5.41) is 0. The van der Waals surface area contributed by atoms with E-state index in [4.69, 9.17) is 9.47 Å². The second kappa shape index (κ2) is 8.70. The molecule has 0 saturated heterocycles. The number of carbonyl (C=O) groups excluding carboxylic acids is 1. The molecule has 0 radical (unpaired) electrons. The predicted octanol–water partition coefficient (Wildman–Crippen LogP) is 4.29. The molecule has 5 heteroatoms. The van der Waals surface area contributed by atoms with Gasteiger partial charge in [0, 0.05) is 25.4 Å². The van der Waals surface area contributed by atoms with Crippen molar-refractivity contribution in [2.24, 2.45) is 5.92 Å². The van der Waals surface area contributed by atoms with Crippen LogP contribution in [-0.2, 0) is 4.79 Å². The average molecular weight is 354 g/mol. The Kier molecular flexibility index (Phi) is 6.10. The van der Waals surface area contributed by atoms with E-state index in [1.165, 1.54) is 12.8 Å². The predicted molar refractivity (Wildman–Crippen MR) is 100 cm³/mol. The van der Waals surface area contributed by atoms with E-state index in [9.17, 15) is 4.79 Å². The molecule has 1 amide bonds. The van der Waals surface area contributed by atoms with Crippen molar-refractivity contribution in [1.82, 2.24) is 9.88 Å². The van der Waals surface area contributed by atoms with Gasteiger partial charge in [-0.3, -0.25) is 4.79 Å². The SMILES string of the molecule is CC1CCC(N(C)C(=O)COc2ccc(Oc3ccccn3)cc2)CC1. The molecule has 1 fully saturated rings. The highest BCUT2D eigenvalue weighted by Crippen LogP contribution is 2.27. The number of amides is 1. The zero-order valence-electron chi connectivity index (χ0n) is 15.4. The summed E-state index contributed by atoms with van der Waals surface area (Å²) in [6.07, 6.45) is 6.25. The second-order valence-corrected chi connectivity index (χ2v) is 6.95. The van der Waals surface area contributed by atoms with Crippen LogP contribution in [-0.4, -0.2) is 35.5 Å². The molecule has 138 valence electrons. The molecular formula is C21H26N2O3. The summed E-state index contributed by atoms with van der Waals surface area (Å²) in [5.41, 5.74) is 0. The van der Waals surface area contributed by atoms with Crippen LogP contribution in [0.5, 0.6) is 17.4 Å². The number of hydrogen-bond acceptors (Lipinski definition) is 4. The van der Waals surface area contributed by atoms with Crippen LogP contribution in [0.1, 0.15) is 32.6 Å². The van der Waals surface area contributed by atoms with Crippen molar-refractivity contribution < 1.29 is 14.3 Å². The van der Waals surface area contributed by atoms with Gasteiger partial charge in [-0.2, -0.15) is 0 Å². The van der Waals surface area contributed by atoms with Gasteiger partial charge in [0.1, 0.15) is 11.5 Å². The highest BCUT2D eigenvalue weighted by atomic mass is 16.5. The number of ether oxygens (including phenoxy) is 2. The summed E-state index contributed by atoms with van der Waals surface area (Å²) in [5.74, 6) is 2.67. The number of aromatic nitrogens is 1. The summed E-state index contributed by atoms with van der Waals surface area (Å²) in [4.78, 5) is 18.3. The van der Waals surface area contributed by atoms with Crippen molar-refractivity contribution in [3.05, 3.63) is 48.7 Å². The van der Waals surface area contributed by atoms with Crippen LogP contribution in [0, 0.1) is 5.92 Å². The van der Waals surface area contributed by atoms with E-state index < -0.39 is 0 Å². The molecule has 3 rings (SSSR count). The van der Waals surface area contributed by atoms with E-state index in [1.807, 2.05) is 24.1 Å². The smallest absolute Gasteiger partial charge is 0.260 e. The molecule has 5 nitrogen and oxygen atoms in total. The Hall–Kier alpha value is -2.56. The van der Waals surface area contributed by atoms with Crippen LogP contribution >= 0.6 is 0 Å². The Labute approximate surface area is 155 Å². The van der Waals surface area contributed by atoms with Crippen LogP contribution in [0.4, 0.5) is 0 Å². The summed E-state index contributed by atoms with van der Waals surface area (Å²) in [7, 11) is 1.89. The normalized spacial score (nSPS) is 19.6. The van der Waals surface area contributed by atoms with E-state index in [-0.39, 0.29) is 12.5 Å². The first-order valence-corrected chi connectivity index (χ1v) is 9.19. The van der Waals surface area contributed by atoms with Gasteiger partial charge >= 0.3 is 0 Å². The zero-order chi connectivity index (χ0) is 18.4. The van der Waals surface area contributed by atoms with Crippen LogP contribution in [0.15, 0.2) is 48.7 Å². The second-order valence-electron chi connectivity index (χ2n) is 6.95. The van der Waals surface area contributed by atoms with Gasteiger partial charge in [0.05, 0.1) is 0 Å². The Balaban J connectivity index is 1.47. The maximum atomic E-state index is 12.4. The van der Waals surface area contributed by atoms with Gasteiger partial charge in [0.2, 0.25) is 5.88 Å². The number of carbonyl (C=O) groups is 1. The minimum Gasteiger partial charge on any atom is -0.484 e. The lowest BCUT2D eigenvalue weighted by atomic mass is 9.87. The van der Waals surface area contributed by atoms with Crippen LogP contribution in [0.25, 0.3) is 0 Å². The van der Waals surface area contributed by atoms with Gasteiger partial charge < -0.3 is 14.4 Å². The Bertz CT molecular complexity index is 695. The molecule has 0 aliphatic heterocycles. The van der Waals surface area contributed by atoms with Crippen molar-refractivity contribution in [2.75, 3.05) is 13.7 Å². The van der Waals surface area contributed by atoms with E-state index in [0.29, 0.717) is 23.4 Å². The first-order valence-electron chi connectivity index (χ1n) is 9.19. The van der Waals surface area contributed by atoms with Crippen molar-refractivity contribution in [3.8, 4) is 17.4 Å². The summed E-state index contributed by atoms with van der Waals surface area (Å²) < 4.78 is 11.3. The molecule has 1 aromatic carbocycles. The lowest BCUT2D eigenvalue weighted by Crippen LogP contribution is -2.41. The van der Waals surface area contributed by atoms with Crippen molar-refractivity contribution in [1.29, 1.82) is 0 Å². The number of nitrogens with zero attached hydrogens (tertiary/aromatic N) is 2. The molecular weight excluding hydrogens is 328 g/mol. The van der Waals surface area contributed by atoms with Gasteiger partial charge in [-0.05, 0) is 61.9 Å². The molecule has 2 aromatic rings. The third-order valence-electron chi connectivity index (χ3n) is 4.97. The van der Waals surface area contributed by atoms with Crippen LogP contribution in [0.2, 0.25) is 0 Å². The number of pyridine rings is 1. The number of benzene rings is 1. The molecule has 0 unspecified atom stereocenters. The highest BCUT2D eigenvalue weighted by molar-refractivity contribution is 5.77. The molecule has 0 spiro atoms. The molecule has 1 aliphatic carbocycles. The number of rotatable bonds is 6. The molecule has 0 bridgehead atoms. The molecule has 0 N–H and O–H groups in total. The summed E-state index contributed by atoms with van der Waals surface area (Å²) in [6.45, 7) is 2.34. The third kappa shape index (κ3) is 4.97. The molecule has 1 saturated carbocycles. The zero-order valence-corrected chi connectivity index (χ0v) is 15.4.